The van der Waals surface area contributed by atoms with Crippen LogP contribution in [-0.4, -0.2) is 60.6 Å². The van der Waals surface area contributed by atoms with E-state index in [9.17, 15) is 14.4 Å². The molecule has 1 aromatic rings. The van der Waals surface area contributed by atoms with Gasteiger partial charge in [-0.25, -0.2) is 0 Å². The molecule has 2 aliphatic heterocycles. The van der Waals surface area contributed by atoms with Crippen LogP contribution in [0.1, 0.15) is 80.1 Å². The highest BCUT2D eigenvalue weighted by atomic mass is 16.5. The maximum atomic E-state index is 13.0. The fraction of sp³-hybridized carbons (Fsp3) is 0.667. The number of benzene rings is 1. The number of nitrogens with one attached hydrogen (secondary N) is 2. The number of methoxy groups -OCH3 is 1. The van der Waals surface area contributed by atoms with Crippen LogP contribution < -0.4 is 15.4 Å². The van der Waals surface area contributed by atoms with Gasteiger partial charge < -0.3 is 19.7 Å². The van der Waals surface area contributed by atoms with Gasteiger partial charge in [-0.3, -0.25) is 19.7 Å². The number of hydrogen-bond acceptors (Lipinski definition) is 6. The van der Waals surface area contributed by atoms with E-state index in [1.54, 1.807) is 4.90 Å². The Kier molecular flexibility index (Phi) is 7.39. The summed E-state index contributed by atoms with van der Waals surface area (Å²) in [5.74, 6) is 0.672. The third-order valence-electron chi connectivity index (χ3n) is 8.28. The Morgan fingerprint density at radius 1 is 1.03 bits per heavy atom. The second-order valence-electron chi connectivity index (χ2n) is 10.6. The minimum Gasteiger partial charge on any atom is -0.489 e. The number of carbonyl (C=O) groups excluding carboxylic acids is 3. The third-order valence-corrected chi connectivity index (χ3v) is 8.28. The molecular formula is C27H37N3O5. The van der Waals surface area contributed by atoms with E-state index in [0.29, 0.717) is 36.6 Å². The van der Waals surface area contributed by atoms with E-state index >= 15 is 0 Å². The quantitative estimate of drug-likeness (QED) is 0.579. The van der Waals surface area contributed by atoms with E-state index in [-0.39, 0.29) is 30.2 Å². The highest BCUT2D eigenvalue weighted by Gasteiger charge is 2.39. The molecule has 2 heterocycles. The minimum absolute atomic E-state index is 0.112. The zero-order chi connectivity index (χ0) is 24.4. The van der Waals surface area contributed by atoms with Crippen LogP contribution in [0.3, 0.4) is 0 Å². The molecule has 3 amide bonds. The molecule has 3 atom stereocenters. The molecule has 8 heteroatoms. The average Bonchev–Trinajstić information content (AvgIpc) is 3.19. The molecule has 190 valence electrons. The van der Waals surface area contributed by atoms with Gasteiger partial charge >= 0.3 is 0 Å². The van der Waals surface area contributed by atoms with Gasteiger partial charge in [0.1, 0.15) is 17.9 Å². The van der Waals surface area contributed by atoms with Crippen molar-refractivity contribution in [3.8, 4) is 5.75 Å². The van der Waals surface area contributed by atoms with E-state index in [1.165, 1.54) is 19.3 Å². The van der Waals surface area contributed by atoms with Gasteiger partial charge in [-0.1, -0.05) is 6.42 Å². The Hall–Kier alpha value is -2.45. The lowest BCUT2D eigenvalue weighted by atomic mass is 9.86. The maximum absolute atomic E-state index is 13.0. The fourth-order valence-electron chi connectivity index (χ4n) is 6.16. The normalized spacial score (nSPS) is 31.3. The second-order valence-corrected chi connectivity index (χ2v) is 10.6. The lowest BCUT2D eigenvalue weighted by Crippen LogP contribution is -2.52. The number of hydrogen-bond donors (Lipinski definition) is 2. The predicted octanol–water partition coefficient (Wildman–Crippen LogP) is 2.93. The van der Waals surface area contributed by atoms with Crippen molar-refractivity contribution in [2.45, 2.75) is 95.0 Å². The molecule has 1 saturated heterocycles. The van der Waals surface area contributed by atoms with Crippen LogP contribution in [0.5, 0.6) is 5.75 Å². The van der Waals surface area contributed by atoms with E-state index in [1.807, 2.05) is 25.3 Å². The zero-order valence-electron chi connectivity index (χ0n) is 20.6. The van der Waals surface area contributed by atoms with Gasteiger partial charge in [0.2, 0.25) is 11.8 Å². The first-order valence-electron chi connectivity index (χ1n) is 13.2. The molecule has 4 aliphatic rings. The van der Waals surface area contributed by atoms with Crippen molar-refractivity contribution in [2.75, 3.05) is 13.7 Å². The molecule has 2 saturated carbocycles. The van der Waals surface area contributed by atoms with Crippen LogP contribution in [0.2, 0.25) is 0 Å². The monoisotopic (exact) mass is 483 g/mol. The Bertz CT molecular complexity index is 958. The van der Waals surface area contributed by atoms with Crippen LogP contribution >= 0.6 is 0 Å². The molecule has 0 spiro atoms. The summed E-state index contributed by atoms with van der Waals surface area (Å²) in [6.07, 6.45) is 10.4. The highest BCUT2D eigenvalue weighted by molar-refractivity contribution is 6.05. The molecule has 5 rings (SSSR count). The molecule has 0 radical (unpaired) electrons. The molecule has 3 fully saturated rings. The van der Waals surface area contributed by atoms with Gasteiger partial charge in [0.05, 0.1) is 6.10 Å². The first kappa shape index (κ1) is 24.3. The highest BCUT2D eigenvalue weighted by Crippen LogP contribution is 2.32. The summed E-state index contributed by atoms with van der Waals surface area (Å²) in [5, 5.41) is 6.17. The van der Waals surface area contributed by atoms with E-state index in [2.05, 4.69) is 10.6 Å². The molecular weight excluding hydrogens is 446 g/mol. The topological polar surface area (TPSA) is 97.0 Å². The van der Waals surface area contributed by atoms with Crippen LogP contribution in [-0.2, 0) is 20.9 Å². The Morgan fingerprint density at radius 3 is 2.60 bits per heavy atom. The molecule has 1 aromatic carbocycles. The molecule has 2 aliphatic carbocycles. The van der Waals surface area contributed by atoms with Crippen molar-refractivity contribution in [1.82, 2.24) is 15.5 Å². The van der Waals surface area contributed by atoms with Crippen molar-refractivity contribution in [3.63, 3.8) is 0 Å². The SMILES string of the molecule is CO[C@H]1CC[C@@H](CN[C@H]2CCCC[C@H]2Oc2ccc3c(c2)CN(C2CCC(=O)NC2=O)C3=O)CC1. The number of rotatable bonds is 7. The summed E-state index contributed by atoms with van der Waals surface area (Å²) >= 11 is 0. The first-order chi connectivity index (χ1) is 17.0. The Balaban J connectivity index is 1.19. The summed E-state index contributed by atoms with van der Waals surface area (Å²) < 4.78 is 12.0. The number of piperidine rings is 1. The zero-order valence-corrected chi connectivity index (χ0v) is 20.6. The fourth-order valence-corrected chi connectivity index (χ4v) is 6.16. The van der Waals surface area contributed by atoms with Crippen LogP contribution in [0.15, 0.2) is 18.2 Å². The first-order valence-corrected chi connectivity index (χ1v) is 13.2. The lowest BCUT2D eigenvalue weighted by Gasteiger charge is -2.35. The third kappa shape index (κ3) is 5.38. The summed E-state index contributed by atoms with van der Waals surface area (Å²) in [6, 6.07) is 5.39. The standard InChI is InChI=1S/C27H37N3O5/c1-34-19-8-6-17(7-9-19)15-28-22-4-2-3-5-24(22)35-20-10-11-21-18(14-20)16-30(27(21)33)23-12-13-25(31)29-26(23)32/h10-11,14,17,19,22-24,28H,2-9,12-13,15-16H2,1H3,(H,29,31,32)/t17-,19+,22-,23?,24+/m0/s1. The lowest BCUT2D eigenvalue weighted by molar-refractivity contribution is -0.136. The van der Waals surface area contributed by atoms with Gasteiger partial charge in [-0.05, 0) is 87.6 Å². The van der Waals surface area contributed by atoms with Gasteiger partial charge in [-0.2, -0.15) is 0 Å². The Morgan fingerprint density at radius 2 is 1.83 bits per heavy atom. The van der Waals surface area contributed by atoms with Gasteiger partial charge in [0.15, 0.2) is 0 Å². The summed E-state index contributed by atoms with van der Waals surface area (Å²) in [7, 11) is 1.81. The predicted molar refractivity (Wildman–Crippen MR) is 130 cm³/mol. The summed E-state index contributed by atoms with van der Waals surface area (Å²) in [4.78, 5) is 38.3. The second kappa shape index (κ2) is 10.7. The largest absolute Gasteiger partial charge is 0.489 e. The van der Waals surface area contributed by atoms with Crippen LogP contribution in [0.25, 0.3) is 0 Å². The number of amides is 3. The van der Waals surface area contributed by atoms with Crippen LogP contribution in [0.4, 0.5) is 0 Å². The number of carbonyl (C=O) groups is 3. The van der Waals surface area contributed by atoms with Crippen molar-refractivity contribution in [1.29, 1.82) is 0 Å². The average molecular weight is 484 g/mol. The minimum atomic E-state index is -0.595. The van der Waals surface area contributed by atoms with Gasteiger partial charge in [0, 0.05) is 31.7 Å². The number of imide groups is 1. The molecule has 1 unspecified atom stereocenters. The summed E-state index contributed by atoms with van der Waals surface area (Å²) in [6.45, 7) is 1.40. The van der Waals surface area contributed by atoms with Crippen molar-refractivity contribution >= 4 is 17.7 Å². The van der Waals surface area contributed by atoms with Crippen LogP contribution in [0, 0.1) is 5.92 Å². The maximum Gasteiger partial charge on any atom is 0.255 e. The van der Waals surface area contributed by atoms with Crippen molar-refractivity contribution < 1.29 is 23.9 Å². The molecule has 0 bridgehead atoms. The van der Waals surface area contributed by atoms with Gasteiger partial charge in [0.25, 0.3) is 5.91 Å². The van der Waals surface area contributed by atoms with E-state index in [4.69, 9.17) is 9.47 Å². The van der Waals surface area contributed by atoms with Crippen molar-refractivity contribution in [3.05, 3.63) is 29.3 Å². The number of nitrogens with zero attached hydrogens (tertiary/aromatic N) is 1. The van der Waals surface area contributed by atoms with Gasteiger partial charge in [-0.15, -0.1) is 0 Å². The van der Waals surface area contributed by atoms with E-state index in [0.717, 1.165) is 50.0 Å². The summed E-state index contributed by atoms with van der Waals surface area (Å²) in [5.41, 5.74) is 1.50. The number of fused-ring (bicyclic) bond motifs is 1. The number of ether oxygens (including phenoxy) is 2. The molecule has 2 N–H and O–H groups in total. The molecule has 8 nitrogen and oxygen atoms in total. The smallest absolute Gasteiger partial charge is 0.255 e. The molecule has 35 heavy (non-hydrogen) atoms. The molecule has 0 aromatic heterocycles. The Labute approximate surface area is 207 Å². The van der Waals surface area contributed by atoms with Crippen molar-refractivity contribution in [2.24, 2.45) is 5.92 Å². The van der Waals surface area contributed by atoms with E-state index < -0.39 is 6.04 Å².